The third-order valence-electron chi connectivity index (χ3n) is 8.33. The molecular weight excluding hydrogens is 572 g/mol. The van der Waals surface area contributed by atoms with Gasteiger partial charge < -0.3 is 0 Å². The Morgan fingerprint density at radius 2 is 1.41 bits per heavy atom. The molecule has 41 heavy (non-hydrogen) atoms. The summed E-state index contributed by atoms with van der Waals surface area (Å²) in [6, 6.07) is 25.6. The van der Waals surface area contributed by atoms with Gasteiger partial charge in [-0.3, -0.25) is 6.08 Å². The van der Waals surface area contributed by atoms with Gasteiger partial charge in [-0.25, -0.2) is 5.57 Å². The van der Waals surface area contributed by atoms with Gasteiger partial charge in [0.1, 0.15) is 0 Å². The van der Waals surface area contributed by atoms with E-state index in [1.807, 2.05) is 6.07 Å². The molecule has 0 aromatic heterocycles. The van der Waals surface area contributed by atoms with Gasteiger partial charge in [0, 0.05) is 0 Å². The SMILES string of the molecule is CC(C)(C)c1c[c-]c2c(c1)-c1cc(C(C)(C)C)ccc1C2.CC1=[C-]C(C)C=C1c1ccccc1.[Zr+2]=[C]1CCCCC1. The van der Waals surface area contributed by atoms with Crippen LogP contribution in [0.3, 0.4) is 0 Å². The van der Waals surface area contributed by atoms with Gasteiger partial charge in [0.15, 0.2) is 0 Å². The molecule has 1 fully saturated rings. The molecule has 0 amide bonds. The fourth-order valence-electron chi connectivity index (χ4n) is 5.73. The zero-order chi connectivity index (χ0) is 29.8. The first-order valence-corrected chi connectivity index (χ1v) is 16.7. The van der Waals surface area contributed by atoms with Crippen molar-refractivity contribution in [2.24, 2.45) is 5.92 Å². The summed E-state index contributed by atoms with van der Waals surface area (Å²) in [5, 5.41) is 0. The van der Waals surface area contributed by atoms with Gasteiger partial charge in [-0.05, 0) is 17.4 Å². The molecule has 1 atom stereocenters. The molecule has 0 radical (unpaired) electrons. The maximum absolute atomic E-state index is 3.53. The van der Waals surface area contributed by atoms with Crippen LogP contribution in [0.15, 0.2) is 72.3 Å². The van der Waals surface area contributed by atoms with E-state index in [0.717, 1.165) is 6.42 Å². The minimum absolute atomic E-state index is 0.177. The molecule has 0 aliphatic heterocycles. The quantitative estimate of drug-likeness (QED) is 0.186. The zero-order valence-corrected chi connectivity index (χ0v) is 29.1. The molecule has 3 aliphatic rings. The van der Waals surface area contributed by atoms with Crippen LogP contribution in [0, 0.1) is 18.1 Å². The minimum atomic E-state index is 0.177. The van der Waals surface area contributed by atoms with Crippen molar-refractivity contribution in [1.82, 2.24) is 0 Å². The molecule has 1 saturated carbocycles. The number of hydrogen-bond acceptors (Lipinski definition) is 0. The Morgan fingerprint density at radius 3 is 1.95 bits per heavy atom. The Bertz CT molecular complexity index is 1350. The number of hydrogen-bond donors (Lipinski definition) is 0. The summed E-state index contributed by atoms with van der Waals surface area (Å²) in [6.07, 6.45) is 14.0. The Morgan fingerprint density at radius 1 is 0.780 bits per heavy atom. The van der Waals surface area contributed by atoms with Gasteiger partial charge in [0.05, 0.1) is 0 Å². The Balaban J connectivity index is 0.000000163. The number of benzene rings is 3. The fourth-order valence-corrected chi connectivity index (χ4v) is 6.60. The van der Waals surface area contributed by atoms with Gasteiger partial charge in [-0.2, -0.15) is 41.0 Å². The third-order valence-corrected chi connectivity index (χ3v) is 9.56. The molecule has 6 rings (SSSR count). The van der Waals surface area contributed by atoms with Crippen LogP contribution in [0.4, 0.5) is 0 Å². The number of rotatable bonds is 1. The van der Waals surface area contributed by atoms with Crippen molar-refractivity contribution in [3.63, 3.8) is 0 Å². The van der Waals surface area contributed by atoms with E-state index in [9.17, 15) is 0 Å². The van der Waals surface area contributed by atoms with Crippen molar-refractivity contribution in [1.29, 1.82) is 0 Å². The molecule has 0 nitrogen and oxygen atoms in total. The Hall–Kier alpha value is -2.11. The first-order valence-electron chi connectivity index (χ1n) is 15.5. The third kappa shape index (κ3) is 8.48. The van der Waals surface area contributed by atoms with Crippen LogP contribution >= 0.6 is 0 Å². The van der Waals surface area contributed by atoms with Gasteiger partial charge in [-0.1, -0.05) is 126 Å². The van der Waals surface area contributed by atoms with E-state index in [1.54, 1.807) is 27.4 Å². The van der Waals surface area contributed by atoms with Crippen molar-refractivity contribution in [2.75, 3.05) is 0 Å². The molecule has 0 saturated heterocycles. The molecule has 1 unspecified atom stereocenters. The van der Waals surface area contributed by atoms with E-state index in [-0.39, 0.29) is 10.8 Å². The van der Waals surface area contributed by atoms with Crippen molar-refractivity contribution in [3.05, 3.63) is 112 Å². The summed E-state index contributed by atoms with van der Waals surface area (Å²) in [5.74, 6) is 0.468. The van der Waals surface area contributed by atoms with Crippen LogP contribution in [0.1, 0.15) is 115 Å². The number of fused-ring (bicyclic) bond motifs is 3. The molecule has 0 N–H and O–H groups in total. The second kappa shape index (κ2) is 13.5. The molecule has 1 heteroatoms. The summed E-state index contributed by atoms with van der Waals surface area (Å²) in [6.45, 7) is 17.9. The van der Waals surface area contributed by atoms with E-state index >= 15 is 0 Å². The molecule has 3 aromatic rings. The normalized spacial score (nSPS) is 17.8. The van der Waals surface area contributed by atoms with E-state index in [4.69, 9.17) is 0 Å². The average molecular weight is 620 g/mol. The van der Waals surface area contributed by atoms with Gasteiger partial charge in [-0.15, -0.1) is 11.1 Å². The fraction of sp³-hybridized carbons (Fsp3) is 0.425. The van der Waals surface area contributed by atoms with Crippen molar-refractivity contribution in [2.45, 2.75) is 105 Å². The monoisotopic (exact) mass is 618 g/mol. The van der Waals surface area contributed by atoms with Gasteiger partial charge in [0.25, 0.3) is 0 Å². The van der Waals surface area contributed by atoms with Crippen LogP contribution in [0.5, 0.6) is 0 Å². The average Bonchev–Trinajstić information content (AvgIpc) is 3.47. The van der Waals surface area contributed by atoms with E-state index in [2.05, 4.69) is 128 Å². The predicted molar refractivity (Wildman–Crippen MR) is 175 cm³/mol. The molecule has 0 heterocycles. The van der Waals surface area contributed by atoms with E-state index < -0.39 is 0 Å². The molecule has 3 aromatic carbocycles. The van der Waals surface area contributed by atoms with Crippen molar-refractivity contribution in [3.8, 4) is 11.1 Å². The maximum atomic E-state index is 3.53. The van der Waals surface area contributed by atoms with Gasteiger partial charge >= 0.3 is 59.5 Å². The first-order chi connectivity index (χ1) is 19.3. The topological polar surface area (TPSA) is 0 Å². The van der Waals surface area contributed by atoms with Crippen molar-refractivity contribution >= 4 is 8.78 Å². The Kier molecular flexibility index (Phi) is 10.4. The van der Waals surface area contributed by atoms with Crippen LogP contribution in [0.25, 0.3) is 16.7 Å². The van der Waals surface area contributed by atoms with E-state index in [1.165, 1.54) is 82.2 Å². The summed E-state index contributed by atoms with van der Waals surface area (Å²) in [4.78, 5) is 0. The summed E-state index contributed by atoms with van der Waals surface area (Å²) in [7, 11) is 0. The number of allylic oxidation sites excluding steroid dienone is 4. The predicted octanol–water partition coefficient (Wildman–Crippen LogP) is 10.8. The first kappa shape index (κ1) is 31.8. The zero-order valence-electron chi connectivity index (χ0n) is 26.7. The standard InChI is InChI=1S/C21H25.C13H13.C6H10.Zr/c1-20(2,3)16-9-7-14-11-15-8-10-17(21(4,5)6)13-19(15)18(14)12-16;1-10-8-11(2)13(9-10)12-6-4-3-5-7-12;1-2-4-6-5-3-1;/h7,9-10,12-13H,11H2,1-6H3;3-7,9-10H,1-2H3;1-5H2;/q2*-1;;+2. The van der Waals surface area contributed by atoms with E-state index in [0.29, 0.717) is 5.92 Å². The molecular formula is C40H48Zr. The summed E-state index contributed by atoms with van der Waals surface area (Å²) in [5.41, 5.74) is 12.7. The second-order valence-corrected chi connectivity index (χ2v) is 15.7. The van der Waals surface area contributed by atoms with Crippen molar-refractivity contribution < 1.29 is 24.2 Å². The Labute approximate surface area is 265 Å². The summed E-state index contributed by atoms with van der Waals surface area (Å²) >= 11 is 1.69. The van der Waals surface area contributed by atoms with Crippen LogP contribution < -0.4 is 0 Å². The summed E-state index contributed by atoms with van der Waals surface area (Å²) < 4.78 is 1.80. The second-order valence-electron chi connectivity index (χ2n) is 14.0. The van der Waals surface area contributed by atoms with Crippen LogP contribution in [-0.2, 0) is 41.5 Å². The molecule has 0 bridgehead atoms. The van der Waals surface area contributed by atoms with Gasteiger partial charge in [0.2, 0.25) is 0 Å². The van der Waals surface area contributed by atoms with Crippen LogP contribution in [0.2, 0.25) is 0 Å². The molecule has 0 spiro atoms. The molecule has 212 valence electrons. The molecule has 3 aliphatic carbocycles. The van der Waals surface area contributed by atoms with Crippen LogP contribution in [-0.4, -0.2) is 3.21 Å².